The summed E-state index contributed by atoms with van der Waals surface area (Å²) >= 11 is 13.3. The zero-order valence-corrected chi connectivity index (χ0v) is 10.2. The van der Waals surface area contributed by atoms with Gasteiger partial charge in [0.25, 0.3) is 0 Å². The molecule has 0 aliphatic heterocycles. The summed E-state index contributed by atoms with van der Waals surface area (Å²) < 4.78 is 0. The Balaban J connectivity index is 2.28. The fourth-order valence-electron chi connectivity index (χ4n) is 1.17. The van der Waals surface area contributed by atoms with Gasteiger partial charge in [0.05, 0.1) is 10.7 Å². The van der Waals surface area contributed by atoms with Gasteiger partial charge in [0.2, 0.25) is 0 Å². The van der Waals surface area contributed by atoms with Crippen molar-refractivity contribution in [2.24, 2.45) is 0 Å². The van der Waals surface area contributed by atoms with Gasteiger partial charge in [-0.3, -0.25) is 0 Å². The third-order valence-corrected chi connectivity index (χ3v) is 3.49. The highest BCUT2D eigenvalue weighted by Gasteiger charge is 2.05. The summed E-state index contributed by atoms with van der Waals surface area (Å²) in [4.78, 5) is 4.09. The van der Waals surface area contributed by atoms with Crippen LogP contribution in [0.25, 0.3) is 0 Å². The minimum Gasteiger partial charge on any atom is -0.330 e. The van der Waals surface area contributed by atoms with Gasteiger partial charge >= 0.3 is 0 Å². The predicted octanol–water partition coefficient (Wildman–Crippen LogP) is 4.50. The molecule has 0 unspecified atom stereocenters. The highest BCUT2D eigenvalue weighted by molar-refractivity contribution is 7.14. The summed E-state index contributed by atoms with van der Waals surface area (Å²) in [7, 11) is 0. The number of benzene rings is 1. The molecular formula is C10H8Cl2N2S. The average Bonchev–Trinajstić information content (AvgIpc) is 2.59. The first-order valence-corrected chi connectivity index (χ1v) is 5.93. The van der Waals surface area contributed by atoms with Gasteiger partial charge in [0.15, 0.2) is 5.13 Å². The molecule has 0 spiro atoms. The maximum atomic E-state index is 6.13. The largest absolute Gasteiger partial charge is 0.330 e. The Hall–Kier alpha value is -0.770. The first-order chi connectivity index (χ1) is 7.16. The summed E-state index contributed by atoms with van der Waals surface area (Å²) in [6.45, 7) is 1.96. The van der Waals surface area contributed by atoms with Gasteiger partial charge in [-0.25, -0.2) is 4.98 Å². The lowest BCUT2D eigenvalue weighted by Crippen LogP contribution is -1.91. The molecule has 0 fully saturated rings. The quantitative estimate of drug-likeness (QED) is 0.858. The van der Waals surface area contributed by atoms with Crippen LogP contribution in [0.15, 0.2) is 23.6 Å². The summed E-state index contributed by atoms with van der Waals surface area (Å²) in [5, 5.41) is 6.84. The van der Waals surface area contributed by atoms with Gasteiger partial charge in [-0.2, -0.15) is 0 Å². The number of aryl methyl sites for hydroxylation is 1. The molecule has 0 aliphatic carbocycles. The monoisotopic (exact) mass is 258 g/mol. The zero-order chi connectivity index (χ0) is 10.8. The lowest BCUT2D eigenvalue weighted by molar-refractivity contribution is 1.38. The van der Waals surface area contributed by atoms with E-state index < -0.39 is 0 Å². The van der Waals surface area contributed by atoms with Crippen molar-refractivity contribution in [3.63, 3.8) is 0 Å². The summed E-state index contributed by atoms with van der Waals surface area (Å²) in [5.74, 6) is 0. The number of nitrogens with one attached hydrogen (secondary N) is 1. The van der Waals surface area contributed by atoms with Crippen molar-refractivity contribution >= 4 is 45.4 Å². The van der Waals surface area contributed by atoms with Crippen LogP contribution >= 0.6 is 34.5 Å². The van der Waals surface area contributed by atoms with E-state index in [0.29, 0.717) is 10.2 Å². The first kappa shape index (κ1) is 10.7. The molecule has 2 aromatic rings. The molecule has 2 nitrogen and oxygen atoms in total. The number of rotatable bonds is 2. The van der Waals surface area contributed by atoms with Crippen molar-refractivity contribution < 1.29 is 0 Å². The van der Waals surface area contributed by atoms with Gasteiger partial charge in [0, 0.05) is 5.38 Å². The molecule has 78 valence electrons. The number of halogens is 2. The SMILES string of the molecule is Cc1cccc(Nc2nc(Cl)cs2)c1Cl. The number of aromatic nitrogens is 1. The minimum atomic E-state index is 0.492. The molecule has 1 aromatic carbocycles. The second kappa shape index (κ2) is 4.39. The van der Waals surface area contributed by atoms with Crippen molar-refractivity contribution in [2.75, 3.05) is 5.32 Å². The van der Waals surface area contributed by atoms with Crippen LogP contribution in [-0.2, 0) is 0 Å². The molecule has 2 rings (SSSR count). The topological polar surface area (TPSA) is 24.9 Å². The second-order valence-corrected chi connectivity index (χ2v) is 4.66. The molecular weight excluding hydrogens is 251 g/mol. The first-order valence-electron chi connectivity index (χ1n) is 4.30. The van der Waals surface area contributed by atoms with E-state index in [2.05, 4.69) is 10.3 Å². The van der Waals surface area contributed by atoms with E-state index in [0.717, 1.165) is 16.4 Å². The van der Waals surface area contributed by atoms with Crippen LogP contribution in [0.3, 0.4) is 0 Å². The smallest absolute Gasteiger partial charge is 0.188 e. The number of hydrogen-bond acceptors (Lipinski definition) is 3. The molecule has 0 amide bonds. The van der Waals surface area contributed by atoms with E-state index in [-0.39, 0.29) is 0 Å². The normalized spacial score (nSPS) is 10.3. The Kier molecular flexibility index (Phi) is 3.14. The molecule has 0 saturated heterocycles. The Morgan fingerprint density at radius 3 is 2.80 bits per heavy atom. The van der Waals surface area contributed by atoms with E-state index in [1.54, 1.807) is 5.38 Å². The van der Waals surface area contributed by atoms with Gasteiger partial charge in [0.1, 0.15) is 5.15 Å². The fraction of sp³-hybridized carbons (Fsp3) is 0.100. The maximum absolute atomic E-state index is 6.13. The molecule has 0 aliphatic rings. The molecule has 1 heterocycles. The molecule has 0 bridgehead atoms. The summed E-state index contributed by atoms with van der Waals surface area (Å²) in [5.41, 5.74) is 1.88. The summed E-state index contributed by atoms with van der Waals surface area (Å²) in [6.07, 6.45) is 0. The van der Waals surface area contributed by atoms with Crippen LogP contribution in [-0.4, -0.2) is 4.98 Å². The van der Waals surface area contributed by atoms with Crippen LogP contribution in [0.4, 0.5) is 10.8 Å². The molecule has 5 heteroatoms. The minimum absolute atomic E-state index is 0.492. The van der Waals surface area contributed by atoms with E-state index in [4.69, 9.17) is 23.2 Å². The van der Waals surface area contributed by atoms with Gasteiger partial charge in [-0.05, 0) is 18.6 Å². The molecule has 0 atom stereocenters. The van der Waals surface area contributed by atoms with E-state index in [1.807, 2.05) is 25.1 Å². The van der Waals surface area contributed by atoms with Crippen LogP contribution in [0.2, 0.25) is 10.2 Å². The second-order valence-electron chi connectivity index (χ2n) is 3.04. The van der Waals surface area contributed by atoms with Gasteiger partial charge < -0.3 is 5.32 Å². The molecule has 0 radical (unpaired) electrons. The Labute approximate surface area is 102 Å². The van der Waals surface area contributed by atoms with Crippen LogP contribution < -0.4 is 5.32 Å². The van der Waals surface area contributed by atoms with Gasteiger partial charge in [-0.1, -0.05) is 35.3 Å². The number of thiazole rings is 1. The van der Waals surface area contributed by atoms with Crippen LogP contribution in [0, 0.1) is 6.92 Å². The summed E-state index contributed by atoms with van der Waals surface area (Å²) in [6, 6.07) is 5.81. The van der Waals surface area contributed by atoms with Crippen molar-refractivity contribution in [1.29, 1.82) is 0 Å². The van der Waals surface area contributed by atoms with E-state index in [9.17, 15) is 0 Å². The molecule has 1 N–H and O–H groups in total. The highest BCUT2D eigenvalue weighted by Crippen LogP contribution is 2.30. The standard InChI is InChI=1S/C10H8Cl2N2S/c1-6-3-2-4-7(9(6)12)13-10-14-8(11)5-15-10/h2-5H,1H3,(H,13,14). The highest BCUT2D eigenvalue weighted by atomic mass is 35.5. The maximum Gasteiger partial charge on any atom is 0.188 e. The lowest BCUT2D eigenvalue weighted by atomic mass is 10.2. The number of hydrogen-bond donors (Lipinski definition) is 1. The van der Waals surface area contributed by atoms with Crippen molar-refractivity contribution in [3.8, 4) is 0 Å². The van der Waals surface area contributed by atoms with Crippen molar-refractivity contribution in [2.45, 2.75) is 6.92 Å². The Morgan fingerprint density at radius 2 is 2.13 bits per heavy atom. The fourth-order valence-corrected chi connectivity index (χ4v) is 2.19. The predicted molar refractivity (Wildman–Crippen MR) is 66.6 cm³/mol. The zero-order valence-electron chi connectivity index (χ0n) is 7.92. The third-order valence-electron chi connectivity index (χ3n) is 1.91. The number of anilines is 2. The van der Waals surface area contributed by atoms with Crippen molar-refractivity contribution in [1.82, 2.24) is 4.98 Å². The molecule has 1 aromatic heterocycles. The van der Waals surface area contributed by atoms with E-state index >= 15 is 0 Å². The molecule has 0 saturated carbocycles. The van der Waals surface area contributed by atoms with Crippen molar-refractivity contribution in [3.05, 3.63) is 39.3 Å². The third kappa shape index (κ3) is 2.43. The van der Waals surface area contributed by atoms with Gasteiger partial charge in [-0.15, -0.1) is 11.3 Å². The Morgan fingerprint density at radius 1 is 1.33 bits per heavy atom. The molecule has 15 heavy (non-hydrogen) atoms. The van der Waals surface area contributed by atoms with Crippen LogP contribution in [0.5, 0.6) is 0 Å². The van der Waals surface area contributed by atoms with E-state index in [1.165, 1.54) is 11.3 Å². The van der Waals surface area contributed by atoms with Crippen LogP contribution in [0.1, 0.15) is 5.56 Å². The average molecular weight is 259 g/mol. The Bertz CT molecular complexity index is 482. The number of nitrogens with zero attached hydrogens (tertiary/aromatic N) is 1. The lowest BCUT2D eigenvalue weighted by Gasteiger charge is -2.06.